The quantitative estimate of drug-likeness (QED) is 0.492. The van der Waals surface area contributed by atoms with Crippen molar-refractivity contribution in [1.29, 1.82) is 0 Å². The van der Waals surface area contributed by atoms with Crippen molar-refractivity contribution in [3.8, 4) is 0 Å². The minimum atomic E-state index is -1.01. The van der Waals surface area contributed by atoms with Gasteiger partial charge in [-0.25, -0.2) is 0 Å². The summed E-state index contributed by atoms with van der Waals surface area (Å²) in [6.45, 7) is 1.76. The van der Waals surface area contributed by atoms with Gasteiger partial charge in [0.05, 0.1) is 0 Å². The molecule has 0 aliphatic carbocycles. The van der Waals surface area contributed by atoms with Gasteiger partial charge >= 0.3 is 161 Å². The number of carbonyl (C=O) groups is 3. The number of carboxylic acids is 3. The van der Waals surface area contributed by atoms with Gasteiger partial charge in [0.15, 0.2) is 0 Å². The number of benzene rings is 2. The molecule has 2 rings (SSSR count). The first-order valence-corrected chi connectivity index (χ1v) is 8.37. The molecule has 0 radical (unpaired) electrons. The normalized spacial score (nSPS) is 11.1. The van der Waals surface area contributed by atoms with Crippen LogP contribution in [0.4, 0.5) is 5.69 Å². The maximum atomic E-state index is 10.9. The number of hydrogen-bond donors (Lipinski definition) is 4. The molecule has 0 bridgehead atoms. The molecule has 0 aliphatic rings. The van der Waals surface area contributed by atoms with Crippen molar-refractivity contribution in [2.45, 2.75) is 12.8 Å². The van der Waals surface area contributed by atoms with Crippen LogP contribution in [0.25, 0.3) is 0 Å². The standard InChI is InChI=1S/C20H18BNO6/c23-18(24)10-1-13(11-21-16-6-2-14(3-7-16)19(25)26)12-22-17-8-4-15(5-9-17)20(27)28/h2-9,11-12,22H,1,10H2,(H,23,24)(H,25,26)(H,27,28)/b13-12+. The molecule has 0 saturated heterocycles. The summed E-state index contributed by atoms with van der Waals surface area (Å²) in [7, 11) is 0. The second kappa shape index (κ2) is 9.87. The number of hydrogen-bond acceptors (Lipinski definition) is 4. The molecule has 28 heavy (non-hydrogen) atoms. The van der Waals surface area contributed by atoms with Crippen molar-refractivity contribution in [3.05, 3.63) is 71.4 Å². The summed E-state index contributed by atoms with van der Waals surface area (Å²) in [5.74, 6) is -1.19. The van der Waals surface area contributed by atoms with E-state index in [0.717, 1.165) is 5.46 Å². The average Bonchev–Trinajstić information content (AvgIpc) is 2.67. The molecule has 2 aromatic rings. The Balaban J connectivity index is 2.13. The van der Waals surface area contributed by atoms with Gasteiger partial charge in [-0.15, -0.1) is 0 Å². The summed E-state index contributed by atoms with van der Waals surface area (Å²) >= 11 is 0. The molecular weight excluding hydrogens is 361 g/mol. The van der Waals surface area contributed by atoms with Gasteiger partial charge in [-0.2, -0.15) is 0 Å². The molecule has 0 aliphatic heterocycles. The summed E-state index contributed by atoms with van der Waals surface area (Å²) in [5, 5.41) is 29.8. The number of rotatable bonds is 9. The van der Waals surface area contributed by atoms with Crippen LogP contribution in [0.5, 0.6) is 0 Å². The molecule has 0 saturated carbocycles. The zero-order chi connectivity index (χ0) is 20.5. The van der Waals surface area contributed by atoms with E-state index in [1.807, 2.05) is 0 Å². The van der Waals surface area contributed by atoms with Gasteiger partial charge in [0.25, 0.3) is 0 Å². The summed E-state index contributed by atoms with van der Waals surface area (Å²) in [4.78, 5) is 32.6. The molecule has 8 heteroatoms. The van der Waals surface area contributed by atoms with Crippen LogP contribution in [-0.2, 0) is 4.79 Å². The fraction of sp³-hybridized carbons (Fsp3) is 0.100. The Hall–Kier alpha value is -3.68. The van der Waals surface area contributed by atoms with Gasteiger partial charge < -0.3 is 0 Å². The molecule has 0 amide bonds. The van der Waals surface area contributed by atoms with Gasteiger partial charge in [-0.1, -0.05) is 0 Å². The van der Waals surface area contributed by atoms with Crippen LogP contribution < -0.4 is 10.8 Å². The van der Waals surface area contributed by atoms with Gasteiger partial charge in [-0.3, -0.25) is 0 Å². The van der Waals surface area contributed by atoms with Crippen LogP contribution in [-0.4, -0.2) is 46.1 Å². The average molecular weight is 379 g/mol. The first kappa shape index (κ1) is 20.6. The molecule has 142 valence electrons. The van der Waals surface area contributed by atoms with Crippen LogP contribution >= 0.6 is 0 Å². The monoisotopic (exact) mass is 379 g/mol. The maximum absolute atomic E-state index is 10.9. The first-order chi connectivity index (χ1) is 13.3. The zero-order valence-corrected chi connectivity index (χ0v) is 14.8. The fourth-order valence-corrected chi connectivity index (χ4v) is 2.28. The van der Waals surface area contributed by atoms with Crippen molar-refractivity contribution in [1.82, 2.24) is 0 Å². The first-order valence-electron chi connectivity index (χ1n) is 8.37. The van der Waals surface area contributed by atoms with Crippen molar-refractivity contribution in [3.63, 3.8) is 0 Å². The second-order valence-corrected chi connectivity index (χ2v) is 5.90. The number of aromatic carboxylic acids is 2. The van der Waals surface area contributed by atoms with Gasteiger partial charge in [0.2, 0.25) is 0 Å². The van der Waals surface area contributed by atoms with E-state index in [1.165, 1.54) is 24.3 Å². The van der Waals surface area contributed by atoms with Gasteiger partial charge in [-0.05, 0) is 0 Å². The second-order valence-electron chi connectivity index (χ2n) is 5.90. The zero-order valence-electron chi connectivity index (χ0n) is 14.8. The predicted octanol–water partition coefficient (Wildman–Crippen LogP) is 2.08. The fourth-order valence-electron chi connectivity index (χ4n) is 2.28. The van der Waals surface area contributed by atoms with E-state index in [4.69, 9.17) is 15.3 Å². The molecule has 0 fully saturated rings. The SMILES string of the molecule is O=C(O)CC/C(C=Bc1ccc(C(=O)O)cc1)=C\Nc1ccc(C(=O)O)cc1. The van der Waals surface area contributed by atoms with Crippen molar-refractivity contribution >= 4 is 41.9 Å². The number of aliphatic carboxylic acids is 1. The summed E-state index contributed by atoms with van der Waals surface area (Å²) < 4.78 is 0. The minimum absolute atomic E-state index is 0.0479. The van der Waals surface area contributed by atoms with Crippen LogP contribution in [0.1, 0.15) is 33.6 Å². The summed E-state index contributed by atoms with van der Waals surface area (Å²) in [6.07, 6.45) is 1.90. The topological polar surface area (TPSA) is 124 Å². The Bertz CT molecular complexity index is 917. The van der Waals surface area contributed by atoms with Crippen LogP contribution in [0.15, 0.2) is 60.3 Å². The summed E-state index contributed by atoms with van der Waals surface area (Å²) in [5.41, 5.74) is 2.51. The molecule has 0 spiro atoms. The summed E-state index contributed by atoms with van der Waals surface area (Å²) in [6, 6.07) is 12.5. The van der Waals surface area contributed by atoms with Crippen LogP contribution in [0.3, 0.4) is 0 Å². The van der Waals surface area contributed by atoms with Crippen LogP contribution in [0, 0.1) is 0 Å². The van der Waals surface area contributed by atoms with E-state index >= 15 is 0 Å². The third-order valence-corrected chi connectivity index (χ3v) is 3.83. The van der Waals surface area contributed by atoms with Crippen LogP contribution in [0.2, 0.25) is 0 Å². The number of carboxylic acid groups (broad SMARTS) is 3. The Labute approximate surface area is 161 Å². The van der Waals surface area contributed by atoms with Crippen molar-refractivity contribution < 1.29 is 29.7 Å². The molecule has 0 aromatic heterocycles. The number of nitrogens with one attached hydrogen (secondary N) is 1. The van der Waals surface area contributed by atoms with Gasteiger partial charge in [0, 0.05) is 0 Å². The number of allylic oxidation sites excluding steroid dienone is 1. The van der Waals surface area contributed by atoms with Crippen molar-refractivity contribution in [2.24, 2.45) is 0 Å². The van der Waals surface area contributed by atoms with E-state index < -0.39 is 17.9 Å². The van der Waals surface area contributed by atoms with Gasteiger partial charge in [0.1, 0.15) is 0 Å². The molecule has 2 aromatic carbocycles. The third-order valence-electron chi connectivity index (χ3n) is 3.83. The Morgan fingerprint density at radius 1 is 0.821 bits per heavy atom. The van der Waals surface area contributed by atoms with E-state index in [9.17, 15) is 14.4 Å². The van der Waals surface area contributed by atoms with E-state index in [2.05, 4.69) is 5.32 Å². The molecule has 4 N–H and O–H groups in total. The molecule has 0 heterocycles. The molecular formula is C20H18BNO6. The van der Waals surface area contributed by atoms with E-state index in [0.29, 0.717) is 17.7 Å². The molecule has 7 nitrogen and oxygen atoms in total. The van der Waals surface area contributed by atoms with Crippen molar-refractivity contribution in [2.75, 3.05) is 5.32 Å². The van der Waals surface area contributed by atoms with E-state index in [-0.39, 0.29) is 17.5 Å². The third kappa shape index (κ3) is 6.56. The Morgan fingerprint density at radius 2 is 1.36 bits per heavy atom. The molecule has 0 atom stereocenters. The number of anilines is 1. The Kier molecular flexibility index (Phi) is 7.27. The van der Waals surface area contributed by atoms with E-state index in [1.54, 1.807) is 43.4 Å². The predicted molar refractivity (Wildman–Crippen MR) is 107 cm³/mol. The Morgan fingerprint density at radius 3 is 1.86 bits per heavy atom. The molecule has 0 unspecified atom stereocenters.